The maximum absolute atomic E-state index is 14.0. The Labute approximate surface area is 162 Å². The summed E-state index contributed by atoms with van der Waals surface area (Å²) in [7, 11) is 0. The minimum absolute atomic E-state index is 0.0465. The summed E-state index contributed by atoms with van der Waals surface area (Å²) in [6.45, 7) is 0.909. The Bertz CT molecular complexity index is 728. The van der Waals surface area contributed by atoms with Gasteiger partial charge < -0.3 is 10.4 Å². The number of nitrogens with one attached hydrogen (secondary N) is 1. The van der Waals surface area contributed by atoms with Gasteiger partial charge in [-0.3, -0.25) is 14.5 Å². The first-order valence-electron chi connectivity index (χ1n) is 9.62. The van der Waals surface area contributed by atoms with Crippen LogP contribution in [-0.4, -0.2) is 47.1 Å². The first kappa shape index (κ1) is 18.7. The van der Waals surface area contributed by atoms with E-state index in [-0.39, 0.29) is 42.2 Å². The number of hydrogen-bond donors (Lipinski definition) is 2. The molecule has 2 unspecified atom stereocenters. The van der Waals surface area contributed by atoms with Gasteiger partial charge in [-0.05, 0) is 50.2 Å². The van der Waals surface area contributed by atoms with E-state index in [0.717, 1.165) is 19.4 Å². The lowest BCUT2D eigenvalue weighted by molar-refractivity contribution is -0.140. The van der Waals surface area contributed by atoms with E-state index in [1.54, 1.807) is 12.1 Å². The van der Waals surface area contributed by atoms with Crippen molar-refractivity contribution in [1.82, 2.24) is 10.2 Å². The van der Waals surface area contributed by atoms with Crippen LogP contribution in [0.25, 0.3) is 0 Å². The standard InChI is InChI=1S/C20H24ClFN2O3/c21-16-2-1-3-17(22)19(16)14-8-15(14)20(27)23-12-6-13(7-12)24(10-18(25)26)9-11-4-5-11/h1-3,11-15H,4-10H2,(H,23,27)(H,25,26). The van der Waals surface area contributed by atoms with Gasteiger partial charge in [0.15, 0.2) is 0 Å². The second-order valence-electron chi connectivity index (χ2n) is 8.18. The van der Waals surface area contributed by atoms with Crippen molar-refractivity contribution in [2.45, 2.75) is 50.1 Å². The number of carboxylic acids is 1. The highest BCUT2D eigenvalue weighted by molar-refractivity contribution is 6.31. The molecule has 1 amide bonds. The molecule has 3 fully saturated rings. The van der Waals surface area contributed by atoms with Crippen molar-refractivity contribution in [2.24, 2.45) is 11.8 Å². The lowest BCUT2D eigenvalue weighted by atomic mass is 9.85. The molecule has 1 aromatic carbocycles. The highest BCUT2D eigenvalue weighted by Gasteiger charge is 2.47. The van der Waals surface area contributed by atoms with Crippen LogP contribution in [0, 0.1) is 17.7 Å². The van der Waals surface area contributed by atoms with Gasteiger partial charge in [0, 0.05) is 41.1 Å². The van der Waals surface area contributed by atoms with Gasteiger partial charge in [-0.2, -0.15) is 0 Å². The summed E-state index contributed by atoms with van der Waals surface area (Å²) >= 11 is 6.10. The number of rotatable bonds is 8. The zero-order chi connectivity index (χ0) is 19.1. The van der Waals surface area contributed by atoms with Crippen molar-refractivity contribution in [3.05, 3.63) is 34.6 Å². The Morgan fingerprint density at radius 1 is 1.26 bits per heavy atom. The highest BCUT2D eigenvalue weighted by Crippen LogP contribution is 2.50. The lowest BCUT2D eigenvalue weighted by Gasteiger charge is -2.42. The first-order valence-corrected chi connectivity index (χ1v) is 10.00. The summed E-state index contributed by atoms with van der Waals surface area (Å²) < 4.78 is 14.0. The van der Waals surface area contributed by atoms with Crippen LogP contribution in [0.3, 0.4) is 0 Å². The monoisotopic (exact) mass is 394 g/mol. The van der Waals surface area contributed by atoms with E-state index in [1.807, 2.05) is 4.90 Å². The fourth-order valence-corrected chi connectivity index (χ4v) is 4.43. The number of hydrogen-bond acceptors (Lipinski definition) is 3. The van der Waals surface area contributed by atoms with Crippen LogP contribution in [0.5, 0.6) is 0 Å². The lowest BCUT2D eigenvalue weighted by Crippen LogP contribution is -2.55. The van der Waals surface area contributed by atoms with Crippen LogP contribution in [0.2, 0.25) is 5.02 Å². The van der Waals surface area contributed by atoms with Gasteiger partial charge in [-0.1, -0.05) is 17.7 Å². The molecule has 1 aromatic rings. The summed E-state index contributed by atoms with van der Waals surface area (Å²) in [6.07, 6.45) is 4.55. The van der Waals surface area contributed by atoms with Gasteiger partial charge in [-0.25, -0.2) is 4.39 Å². The molecule has 146 valence electrons. The van der Waals surface area contributed by atoms with Crippen molar-refractivity contribution >= 4 is 23.5 Å². The quantitative estimate of drug-likeness (QED) is 0.711. The SMILES string of the molecule is O=C(O)CN(CC1CC1)C1CC(NC(=O)C2CC2c2c(F)cccc2Cl)C1. The molecule has 3 saturated carbocycles. The van der Waals surface area contributed by atoms with E-state index >= 15 is 0 Å². The van der Waals surface area contributed by atoms with E-state index in [1.165, 1.54) is 18.9 Å². The number of halogens is 2. The third-order valence-corrected chi connectivity index (χ3v) is 6.33. The molecule has 0 heterocycles. The van der Waals surface area contributed by atoms with Gasteiger partial charge >= 0.3 is 5.97 Å². The Morgan fingerprint density at radius 2 is 2.00 bits per heavy atom. The Hall–Kier alpha value is -1.66. The summed E-state index contributed by atoms with van der Waals surface area (Å²) in [5, 5.41) is 12.5. The number of benzene rings is 1. The number of carbonyl (C=O) groups is 2. The molecule has 3 aliphatic carbocycles. The smallest absolute Gasteiger partial charge is 0.317 e. The highest BCUT2D eigenvalue weighted by atomic mass is 35.5. The summed E-state index contributed by atoms with van der Waals surface area (Å²) in [6, 6.07) is 4.90. The normalized spacial score (nSPS) is 29.3. The predicted molar refractivity (Wildman–Crippen MR) is 99.1 cm³/mol. The fourth-order valence-electron chi connectivity index (χ4n) is 4.13. The molecule has 0 bridgehead atoms. The van der Waals surface area contributed by atoms with Crippen molar-refractivity contribution in [1.29, 1.82) is 0 Å². The van der Waals surface area contributed by atoms with Crippen molar-refractivity contribution < 1.29 is 19.1 Å². The molecular weight excluding hydrogens is 371 g/mol. The van der Waals surface area contributed by atoms with Crippen molar-refractivity contribution in [3.63, 3.8) is 0 Å². The molecule has 0 aliphatic heterocycles. The van der Waals surface area contributed by atoms with E-state index in [9.17, 15) is 14.0 Å². The van der Waals surface area contributed by atoms with E-state index in [4.69, 9.17) is 16.7 Å². The fraction of sp³-hybridized carbons (Fsp3) is 0.600. The molecule has 0 spiro atoms. The Morgan fingerprint density at radius 3 is 2.63 bits per heavy atom. The van der Waals surface area contributed by atoms with Crippen molar-refractivity contribution in [2.75, 3.05) is 13.1 Å². The van der Waals surface area contributed by atoms with Gasteiger partial charge in [0.25, 0.3) is 0 Å². The third kappa shape index (κ3) is 4.27. The number of amides is 1. The van der Waals surface area contributed by atoms with Crippen LogP contribution < -0.4 is 5.32 Å². The molecule has 2 N–H and O–H groups in total. The second kappa shape index (κ2) is 7.40. The number of carboxylic acid groups (broad SMARTS) is 1. The van der Waals surface area contributed by atoms with Crippen LogP contribution in [0.4, 0.5) is 4.39 Å². The molecule has 4 rings (SSSR count). The maximum Gasteiger partial charge on any atom is 0.317 e. The van der Waals surface area contributed by atoms with Gasteiger partial charge in [0.2, 0.25) is 5.91 Å². The molecule has 2 atom stereocenters. The molecule has 0 aromatic heterocycles. The van der Waals surface area contributed by atoms with Gasteiger partial charge in [0.1, 0.15) is 5.82 Å². The van der Waals surface area contributed by atoms with Crippen LogP contribution in [0.15, 0.2) is 18.2 Å². The topological polar surface area (TPSA) is 69.6 Å². The average molecular weight is 395 g/mol. The number of carbonyl (C=O) groups excluding carboxylic acids is 1. The average Bonchev–Trinajstić information content (AvgIpc) is 3.44. The zero-order valence-electron chi connectivity index (χ0n) is 15.0. The summed E-state index contributed by atoms with van der Waals surface area (Å²) in [5.74, 6) is -0.930. The molecule has 0 radical (unpaired) electrons. The molecule has 5 nitrogen and oxygen atoms in total. The van der Waals surface area contributed by atoms with Crippen LogP contribution in [-0.2, 0) is 9.59 Å². The number of aliphatic carboxylic acids is 1. The minimum Gasteiger partial charge on any atom is -0.480 e. The maximum atomic E-state index is 14.0. The molecular formula is C20H24ClFN2O3. The number of nitrogens with zero attached hydrogens (tertiary/aromatic N) is 1. The Kier molecular flexibility index (Phi) is 5.12. The molecule has 27 heavy (non-hydrogen) atoms. The minimum atomic E-state index is -0.800. The molecule has 3 aliphatic rings. The van der Waals surface area contributed by atoms with E-state index in [2.05, 4.69) is 5.32 Å². The molecule has 0 saturated heterocycles. The van der Waals surface area contributed by atoms with E-state index in [0.29, 0.717) is 22.9 Å². The van der Waals surface area contributed by atoms with Crippen LogP contribution >= 0.6 is 11.6 Å². The summed E-state index contributed by atoms with van der Waals surface area (Å²) in [5.41, 5.74) is 0.447. The van der Waals surface area contributed by atoms with Crippen LogP contribution in [0.1, 0.15) is 43.6 Å². The van der Waals surface area contributed by atoms with Crippen molar-refractivity contribution in [3.8, 4) is 0 Å². The largest absolute Gasteiger partial charge is 0.480 e. The predicted octanol–water partition coefficient (Wildman–Crippen LogP) is 3.03. The zero-order valence-corrected chi connectivity index (χ0v) is 15.8. The second-order valence-corrected chi connectivity index (χ2v) is 8.59. The Balaban J connectivity index is 1.26. The molecule has 7 heteroatoms. The van der Waals surface area contributed by atoms with Gasteiger partial charge in [-0.15, -0.1) is 0 Å². The third-order valence-electron chi connectivity index (χ3n) is 6.00. The van der Waals surface area contributed by atoms with E-state index < -0.39 is 5.97 Å². The van der Waals surface area contributed by atoms with Gasteiger partial charge in [0.05, 0.1) is 6.54 Å². The summed E-state index contributed by atoms with van der Waals surface area (Å²) in [4.78, 5) is 25.6. The first-order chi connectivity index (χ1) is 12.9.